The molecule has 1 fully saturated rings. The van der Waals surface area contributed by atoms with Gasteiger partial charge in [-0.1, -0.05) is 0 Å². The van der Waals surface area contributed by atoms with E-state index >= 15 is 0 Å². The molecule has 1 amide bonds. The normalized spacial score (nSPS) is 19.6. The van der Waals surface area contributed by atoms with Crippen LogP contribution < -0.4 is 0 Å². The number of aromatic amines is 1. The first-order chi connectivity index (χ1) is 8.91. The van der Waals surface area contributed by atoms with Crippen molar-refractivity contribution in [2.24, 2.45) is 0 Å². The summed E-state index contributed by atoms with van der Waals surface area (Å²) in [6.45, 7) is 6.11. The standard InChI is InChI=1S/C14H20N2O3/c1-8-12(10(3)17)9(2)15-13(8)14(19)16-6-4-5-11(18)7-16/h11,15,18H,4-7H2,1-3H3/t11-/m0/s1. The molecule has 104 valence electrons. The molecule has 1 aromatic heterocycles. The Morgan fingerprint density at radius 3 is 2.58 bits per heavy atom. The zero-order valence-corrected chi connectivity index (χ0v) is 11.6. The second kappa shape index (κ2) is 5.17. The summed E-state index contributed by atoms with van der Waals surface area (Å²) in [6.07, 6.45) is 1.11. The van der Waals surface area contributed by atoms with E-state index in [1.807, 2.05) is 0 Å². The highest BCUT2D eigenvalue weighted by molar-refractivity contribution is 6.02. The molecule has 19 heavy (non-hydrogen) atoms. The van der Waals surface area contributed by atoms with E-state index in [9.17, 15) is 14.7 Å². The molecule has 1 aliphatic rings. The van der Waals surface area contributed by atoms with Gasteiger partial charge in [-0.25, -0.2) is 0 Å². The van der Waals surface area contributed by atoms with E-state index in [4.69, 9.17) is 0 Å². The molecule has 1 aliphatic heterocycles. The molecule has 0 unspecified atom stereocenters. The van der Waals surface area contributed by atoms with Gasteiger partial charge in [-0.05, 0) is 39.2 Å². The maximum absolute atomic E-state index is 12.4. The number of H-pyrrole nitrogens is 1. The first-order valence-corrected chi connectivity index (χ1v) is 6.59. The summed E-state index contributed by atoms with van der Waals surface area (Å²) in [5.41, 5.74) is 2.50. The Morgan fingerprint density at radius 2 is 2.05 bits per heavy atom. The van der Waals surface area contributed by atoms with E-state index in [-0.39, 0.29) is 11.7 Å². The largest absolute Gasteiger partial charge is 0.391 e. The van der Waals surface area contributed by atoms with Gasteiger partial charge in [-0.2, -0.15) is 0 Å². The number of rotatable bonds is 2. The minimum Gasteiger partial charge on any atom is -0.391 e. The number of ketones is 1. The van der Waals surface area contributed by atoms with E-state index in [2.05, 4.69) is 4.98 Å². The van der Waals surface area contributed by atoms with E-state index in [1.54, 1.807) is 18.7 Å². The lowest BCUT2D eigenvalue weighted by atomic mass is 10.0. The van der Waals surface area contributed by atoms with Gasteiger partial charge in [0.15, 0.2) is 5.78 Å². The van der Waals surface area contributed by atoms with Gasteiger partial charge < -0.3 is 15.0 Å². The summed E-state index contributed by atoms with van der Waals surface area (Å²) < 4.78 is 0. The molecule has 2 N–H and O–H groups in total. The second-order valence-electron chi connectivity index (χ2n) is 5.23. The number of aromatic nitrogens is 1. The third-order valence-electron chi connectivity index (χ3n) is 3.69. The molecule has 0 bridgehead atoms. The molecule has 5 heteroatoms. The minimum absolute atomic E-state index is 0.0380. The fourth-order valence-corrected chi connectivity index (χ4v) is 2.79. The van der Waals surface area contributed by atoms with Crippen LogP contribution in [-0.2, 0) is 0 Å². The van der Waals surface area contributed by atoms with Gasteiger partial charge in [0.05, 0.1) is 6.10 Å². The number of likely N-dealkylation sites (tertiary alicyclic amines) is 1. The molecule has 0 aliphatic carbocycles. The highest BCUT2D eigenvalue weighted by atomic mass is 16.3. The topological polar surface area (TPSA) is 73.4 Å². The third-order valence-corrected chi connectivity index (χ3v) is 3.69. The van der Waals surface area contributed by atoms with Gasteiger partial charge >= 0.3 is 0 Å². The lowest BCUT2D eigenvalue weighted by Gasteiger charge is -2.30. The molecule has 0 radical (unpaired) electrons. The fourth-order valence-electron chi connectivity index (χ4n) is 2.79. The van der Waals surface area contributed by atoms with Crippen LogP contribution in [0.15, 0.2) is 0 Å². The molecule has 0 aromatic carbocycles. The number of nitrogens with one attached hydrogen (secondary N) is 1. The number of hydrogen-bond acceptors (Lipinski definition) is 3. The quantitative estimate of drug-likeness (QED) is 0.794. The lowest BCUT2D eigenvalue weighted by Crippen LogP contribution is -2.42. The Hall–Kier alpha value is -1.62. The molecular formula is C14H20N2O3. The lowest BCUT2D eigenvalue weighted by molar-refractivity contribution is 0.0469. The Bertz CT molecular complexity index is 519. The zero-order chi connectivity index (χ0) is 14.2. The van der Waals surface area contributed by atoms with Crippen molar-refractivity contribution < 1.29 is 14.7 Å². The van der Waals surface area contributed by atoms with Crippen molar-refractivity contribution in [2.75, 3.05) is 13.1 Å². The fraction of sp³-hybridized carbons (Fsp3) is 0.571. The Kier molecular flexibility index (Phi) is 3.75. The number of piperidine rings is 1. The molecule has 0 spiro atoms. The number of aliphatic hydroxyl groups excluding tert-OH is 1. The van der Waals surface area contributed by atoms with Crippen molar-refractivity contribution in [3.8, 4) is 0 Å². The number of nitrogens with zero attached hydrogens (tertiary/aromatic N) is 1. The summed E-state index contributed by atoms with van der Waals surface area (Å²) >= 11 is 0. The van der Waals surface area contributed by atoms with Crippen LogP contribution in [0.1, 0.15) is 51.9 Å². The zero-order valence-electron chi connectivity index (χ0n) is 11.6. The first-order valence-electron chi connectivity index (χ1n) is 6.59. The van der Waals surface area contributed by atoms with Crippen LogP contribution in [-0.4, -0.2) is 45.9 Å². The second-order valence-corrected chi connectivity index (χ2v) is 5.23. The van der Waals surface area contributed by atoms with Crippen molar-refractivity contribution in [1.82, 2.24) is 9.88 Å². The molecule has 1 aromatic rings. The minimum atomic E-state index is -0.443. The van der Waals surface area contributed by atoms with Crippen LogP contribution in [0.2, 0.25) is 0 Å². The van der Waals surface area contributed by atoms with Crippen molar-refractivity contribution in [2.45, 2.75) is 39.7 Å². The molecule has 2 rings (SSSR count). The van der Waals surface area contributed by atoms with Crippen LogP contribution in [0.3, 0.4) is 0 Å². The van der Waals surface area contributed by atoms with Crippen LogP contribution in [0, 0.1) is 13.8 Å². The molecule has 1 saturated heterocycles. The summed E-state index contributed by atoms with van der Waals surface area (Å²) in [7, 11) is 0. The highest BCUT2D eigenvalue weighted by Gasteiger charge is 2.27. The number of amides is 1. The van der Waals surface area contributed by atoms with Crippen molar-refractivity contribution >= 4 is 11.7 Å². The van der Waals surface area contributed by atoms with Crippen molar-refractivity contribution in [1.29, 1.82) is 0 Å². The van der Waals surface area contributed by atoms with Gasteiger partial charge in [0.1, 0.15) is 5.69 Å². The van der Waals surface area contributed by atoms with Crippen LogP contribution >= 0.6 is 0 Å². The first kappa shape index (κ1) is 13.8. The Morgan fingerprint density at radius 1 is 1.37 bits per heavy atom. The number of aliphatic hydroxyl groups is 1. The highest BCUT2D eigenvalue weighted by Crippen LogP contribution is 2.21. The van der Waals surface area contributed by atoms with E-state index in [0.717, 1.165) is 18.5 Å². The number of aryl methyl sites for hydroxylation is 1. The van der Waals surface area contributed by atoms with E-state index in [1.165, 1.54) is 6.92 Å². The number of carbonyl (C=O) groups excluding carboxylic acids is 2. The van der Waals surface area contributed by atoms with Gasteiger partial charge in [0, 0.05) is 24.3 Å². The van der Waals surface area contributed by atoms with E-state index in [0.29, 0.717) is 29.9 Å². The van der Waals surface area contributed by atoms with Crippen molar-refractivity contribution in [3.63, 3.8) is 0 Å². The van der Waals surface area contributed by atoms with Crippen molar-refractivity contribution in [3.05, 3.63) is 22.5 Å². The number of Topliss-reactive ketones (excluding diaryl/α,β-unsaturated/α-hetero) is 1. The number of carbonyl (C=O) groups is 2. The molecule has 1 atom stereocenters. The average Bonchev–Trinajstić information content (AvgIpc) is 2.63. The SMILES string of the molecule is CC(=O)c1c(C)[nH]c(C(=O)N2CCC[C@H](O)C2)c1C. The molecule has 5 nitrogen and oxygen atoms in total. The van der Waals surface area contributed by atoms with Crippen LogP contribution in [0.5, 0.6) is 0 Å². The molecular weight excluding hydrogens is 244 g/mol. The number of β-amino-alcohol motifs (C(OH)–C–C–N with tert-alkyl or cyclic N) is 1. The van der Waals surface area contributed by atoms with Gasteiger partial charge in [-0.3, -0.25) is 9.59 Å². The maximum Gasteiger partial charge on any atom is 0.270 e. The van der Waals surface area contributed by atoms with Crippen LogP contribution in [0.4, 0.5) is 0 Å². The van der Waals surface area contributed by atoms with Gasteiger partial charge in [0.2, 0.25) is 0 Å². The summed E-state index contributed by atoms with van der Waals surface area (Å²) in [5, 5.41) is 9.63. The maximum atomic E-state index is 12.4. The third kappa shape index (κ3) is 2.56. The predicted octanol–water partition coefficient (Wildman–Crippen LogP) is 1.43. The Balaban J connectivity index is 2.29. The Labute approximate surface area is 112 Å². The van der Waals surface area contributed by atoms with Gasteiger partial charge in [-0.15, -0.1) is 0 Å². The molecule has 0 saturated carbocycles. The smallest absolute Gasteiger partial charge is 0.270 e. The summed E-state index contributed by atoms with van der Waals surface area (Å²) in [6, 6.07) is 0. The monoisotopic (exact) mass is 264 g/mol. The summed E-state index contributed by atoms with van der Waals surface area (Å²) in [5.74, 6) is -0.171. The van der Waals surface area contributed by atoms with Gasteiger partial charge in [0.25, 0.3) is 5.91 Å². The predicted molar refractivity (Wildman–Crippen MR) is 71.4 cm³/mol. The summed E-state index contributed by atoms with van der Waals surface area (Å²) in [4.78, 5) is 28.7. The average molecular weight is 264 g/mol. The number of hydrogen-bond donors (Lipinski definition) is 2. The van der Waals surface area contributed by atoms with Crippen LogP contribution in [0.25, 0.3) is 0 Å². The van der Waals surface area contributed by atoms with E-state index < -0.39 is 6.10 Å². The molecule has 2 heterocycles.